The summed E-state index contributed by atoms with van der Waals surface area (Å²) in [6.45, 7) is 8.76. The van der Waals surface area contributed by atoms with Crippen LogP contribution < -0.4 is 5.06 Å². The van der Waals surface area contributed by atoms with Crippen LogP contribution in [0.25, 0.3) is 0 Å². The maximum atomic E-state index is 12.2. The first-order valence-electron chi connectivity index (χ1n) is 9.62. The molecule has 0 aliphatic carbocycles. The third-order valence-corrected chi connectivity index (χ3v) is 4.52. The van der Waals surface area contributed by atoms with E-state index in [1.165, 1.54) is 0 Å². The first-order valence-corrected chi connectivity index (χ1v) is 9.62. The van der Waals surface area contributed by atoms with E-state index in [1.54, 1.807) is 32.8 Å². The maximum Gasteiger partial charge on any atom is 0.311 e. The molecule has 2 rings (SSSR count). The number of nitrogens with zero attached hydrogens (tertiary/aromatic N) is 1. The van der Waals surface area contributed by atoms with Crippen molar-refractivity contribution in [2.24, 2.45) is 11.8 Å². The monoisotopic (exact) mass is 391 g/mol. The number of aldehydes is 1. The standard InChI is InChI=1S/C21H29NO6/c1-13(2)19(24)26-21(27-20(25)14(3)4)18-11-10-16(12-23)28-22(18)17-9-7-6-8-15(17)5/h6-9,12-14,16,18,21H,10-11H2,1-5H3/t16-,18-/m1/s1. The van der Waals surface area contributed by atoms with Gasteiger partial charge in [0, 0.05) is 0 Å². The molecule has 1 aliphatic heterocycles. The third-order valence-electron chi connectivity index (χ3n) is 4.52. The van der Waals surface area contributed by atoms with E-state index >= 15 is 0 Å². The van der Waals surface area contributed by atoms with Gasteiger partial charge < -0.3 is 14.3 Å². The number of para-hydroxylation sites is 1. The molecule has 1 aromatic carbocycles. The van der Waals surface area contributed by atoms with E-state index in [1.807, 2.05) is 31.2 Å². The highest BCUT2D eigenvalue weighted by molar-refractivity contribution is 5.74. The molecule has 0 N–H and O–H groups in total. The summed E-state index contributed by atoms with van der Waals surface area (Å²) in [6.07, 6.45) is -0.114. The van der Waals surface area contributed by atoms with Crippen molar-refractivity contribution in [3.05, 3.63) is 29.8 Å². The van der Waals surface area contributed by atoms with E-state index < -0.39 is 30.4 Å². The molecule has 0 saturated carbocycles. The van der Waals surface area contributed by atoms with E-state index in [4.69, 9.17) is 14.3 Å². The van der Waals surface area contributed by atoms with Crippen LogP contribution in [-0.4, -0.2) is 36.7 Å². The zero-order valence-electron chi connectivity index (χ0n) is 17.1. The van der Waals surface area contributed by atoms with Gasteiger partial charge in [0.2, 0.25) is 0 Å². The van der Waals surface area contributed by atoms with Crippen LogP contribution in [0.1, 0.15) is 46.1 Å². The van der Waals surface area contributed by atoms with Crippen molar-refractivity contribution in [3.63, 3.8) is 0 Å². The average molecular weight is 391 g/mol. The molecule has 1 aromatic rings. The molecule has 28 heavy (non-hydrogen) atoms. The van der Waals surface area contributed by atoms with Crippen LogP contribution in [0.3, 0.4) is 0 Å². The van der Waals surface area contributed by atoms with Gasteiger partial charge >= 0.3 is 11.9 Å². The summed E-state index contributed by atoms with van der Waals surface area (Å²) in [5, 5.41) is 1.55. The Morgan fingerprint density at radius 2 is 1.64 bits per heavy atom. The fraction of sp³-hybridized carbons (Fsp3) is 0.571. The van der Waals surface area contributed by atoms with Crippen LogP contribution >= 0.6 is 0 Å². The molecule has 0 spiro atoms. The van der Waals surface area contributed by atoms with Crippen molar-refractivity contribution in [3.8, 4) is 0 Å². The minimum atomic E-state index is -1.14. The van der Waals surface area contributed by atoms with E-state index in [0.29, 0.717) is 12.8 Å². The summed E-state index contributed by atoms with van der Waals surface area (Å²) in [5.74, 6) is -1.69. The number of hydrogen-bond acceptors (Lipinski definition) is 7. The van der Waals surface area contributed by atoms with E-state index in [2.05, 4.69) is 0 Å². The molecule has 0 bridgehead atoms. The van der Waals surface area contributed by atoms with Crippen molar-refractivity contribution in [2.75, 3.05) is 5.06 Å². The molecule has 0 unspecified atom stereocenters. The zero-order valence-corrected chi connectivity index (χ0v) is 17.1. The molecule has 154 valence electrons. The molecule has 7 nitrogen and oxygen atoms in total. The largest absolute Gasteiger partial charge is 0.423 e. The van der Waals surface area contributed by atoms with Crippen LogP contribution in [0.2, 0.25) is 0 Å². The van der Waals surface area contributed by atoms with Crippen molar-refractivity contribution >= 4 is 23.9 Å². The normalized spacial score (nSPS) is 19.8. The summed E-state index contributed by atoms with van der Waals surface area (Å²) in [5.41, 5.74) is 1.65. The smallest absolute Gasteiger partial charge is 0.311 e. The quantitative estimate of drug-likeness (QED) is 0.401. The lowest BCUT2D eigenvalue weighted by Gasteiger charge is -2.41. The van der Waals surface area contributed by atoms with Gasteiger partial charge in [0.1, 0.15) is 12.1 Å². The number of rotatable bonds is 7. The van der Waals surface area contributed by atoms with Crippen molar-refractivity contribution in [1.29, 1.82) is 0 Å². The van der Waals surface area contributed by atoms with Gasteiger partial charge in [-0.1, -0.05) is 45.9 Å². The average Bonchev–Trinajstić information content (AvgIpc) is 2.67. The molecule has 1 fully saturated rings. The number of aryl methyl sites for hydroxylation is 1. The van der Waals surface area contributed by atoms with Crippen LogP contribution in [0.5, 0.6) is 0 Å². The Hall–Kier alpha value is -2.41. The van der Waals surface area contributed by atoms with Gasteiger partial charge in [-0.05, 0) is 31.4 Å². The van der Waals surface area contributed by atoms with Gasteiger partial charge in [0.15, 0.2) is 6.29 Å². The number of carbonyl (C=O) groups excluding carboxylic acids is 3. The van der Waals surface area contributed by atoms with Crippen LogP contribution in [0.4, 0.5) is 5.69 Å². The number of hydroxylamine groups is 1. The SMILES string of the molecule is Cc1ccccc1N1O[C@@H](C=O)CC[C@@H]1C(OC(=O)C(C)C)OC(=O)C(C)C. The lowest BCUT2D eigenvalue weighted by Crippen LogP contribution is -2.53. The highest BCUT2D eigenvalue weighted by Crippen LogP contribution is 2.32. The number of hydrogen-bond donors (Lipinski definition) is 0. The Bertz CT molecular complexity index is 680. The van der Waals surface area contributed by atoms with Crippen LogP contribution in [-0.2, 0) is 28.7 Å². The number of anilines is 1. The summed E-state index contributed by atoms with van der Waals surface area (Å²) in [6, 6.07) is 6.94. The fourth-order valence-corrected chi connectivity index (χ4v) is 2.80. The topological polar surface area (TPSA) is 82.1 Å². The molecular weight excluding hydrogens is 362 g/mol. The Morgan fingerprint density at radius 1 is 1.07 bits per heavy atom. The van der Waals surface area contributed by atoms with Crippen LogP contribution in [0, 0.1) is 18.8 Å². The highest BCUT2D eigenvalue weighted by Gasteiger charge is 2.40. The van der Waals surface area contributed by atoms with Gasteiger partial charge in [0.05, 0.1) is 17.5 Å². The second-order valence-corrected chi connectivity index (χ2v) is 7.59. The fourth-order valence-electron chi connectivity index (χ4n) is 2.80. The van der Waals surface area contributed by atoms with Crippen molar-refractivity contribution in [2.45, 2.75) is 65.9 Å². The van der Waals surface area contributed by atoms with Gasteiger partial charge in [-0.3, -0.25) is 14.4 Å². The molecule has 2 atom stereocenters. The number of benzene rings is 1. The van der Waals surface area contributed by atoms with Crippen LogP contribution in [0.15, 0.2) is 24.3 Å². The molecule has 0 amide bonds. The molecule has 1 saturated heterocycles. The second kappa shape index (κ2) is 9.68. The molecule has 1 aliphatic rings. The minimum absolute atomic E-state index is 0.376. The van der Waals surface area contributed by atoms with Crippen molar-refractivity contribution < 1.29 is 28.7 Å². The third kappa shape index (κ3) is 5.32. The predicted octanol–water partition coefficient (Wildman–Crippen LogP) is 3.19. The van der Waals surface area contributed by atoms with Gasteiger partial charge in [-0.25, -0.2) is 5.06 Å². The number of ether oxygens (including phenoxy) is 2. The maximum absolute atomic E-state index is 12.2. The van der Waals surface area contributed by atoms with Gasteiger partial charge in [-0.2, -0.15) is 0 Å². The lowest BCUT2D eigenvalue weighted by atomic mass is 10.0. The second-order valence-electron chi connectivity index (χ2n) is 7.59. The van der Waals surface area contributed by atoms with E-state index in [-0.39, 0.29) is 11.8 Å². The molecule has 0 radical (unpaired) electrons. The van der Waals surface area contributed by atoms with Gasteiger partial charge in [0.25, 0.3) is 6.29 Å². The first kappa shape index (κ1) is 21.9. The van der Waals surface area contributed by atoms with Crippen molar-refractivity contribution in [1.82, 2.24) is 0 Å². The number of carbonyl (C=O) groups is 3. The Kier molecular flexibility index (Phi) is 7.57. The Balaban J connectivity index is 2.38. The summed E-state index contributed by atoms with van der Waals surface area (Å²) in [7, 11) is 0. The molecule has 7 heteroatoms. The van der Waals surface area contributed by atoms with Gasteiger partial charge in [-0.15, -0.1) is 0 Å². The van der Waals surface area contributed by atoms with E-state index in [9.17, 15) is 14.4 Å². The zero-order chi connectivity index (χ0) is 20.8. The number of esters is 2. The minimum Gasteiger partial charge on any atom is -0.423 e. The first-order chi connectivity index (χ1) is 13.2. The Labute approximate surface area is 165 Å². The summed E-state index contributed by atoms with van der Waals surface area (Å²) in [4.78, 5) is 41.7. The Morgan fingerprint density at radius 3 is 2.14 bits per heavy atom. The predicted molar refractivity (Wildman–Crippen MR) is 103 cm³/mol. The van der Waals surface area contributed by atoms with E-state index in [0.717, 1.165) is 17.5 Å². The highest BCUT2D eigenvalue weighted by atomic mass is 16.7. The summed E-state index contributed by atoms with van der Waals surface area (Å²) < 4.78 is 11.1. The molecule has 1 heterocycles. The lowest BCUT2D eigenvalue weighted by molar-refractivity contribution is -0.204. The molecular formula is C21H29NO6. The summed E-state index contributed by atoms with van der Waals surface area (Å²) >= 11 is 0. The molecule has 0 aromatic heterocycles.